The summed E-state index contributed by atoms with van der Waals surface area (Å²) in [6, 6.07) is 15.2. The predicted molar refractivity (Wildman–Crippen MR) is 106 cm³/mol. The molecule has 1 fully saturated rings. The third kappa shape index (κ3) is 5.23. The van der Waals surface area contributed by atoms with Gasteiger partial charge in [-0.05, 0) is 49.7 Å². The highest BCUT2D eigenvalue weighted by Gasteiger charge is 2.23. The molecular weight excluding hydrogens is 340 g/mol. The average Bonchev–Trinajstić information content (AvgIpc) is 2.71. The van der Waals surface area contributed by atoms with Gasteiger partial charge in [-0.3, -0.25) is 9.69 Å². The van der Waals surface area contributed by atoms with Gasteiger partial charge in [-0.25, -0.2) is 0 Å². The van der Waals surface area contributed by atoms with Crippen molar-refractivity contribution in [2.45, 2.75) is 31.7 Å². The zero-order valence-electron chi connectivity index (χ0n) is 15.9. The lowest BCUT2D eigenvalue weighted by atomic mass is 10.0. The lowest BCUT2D eigenvalue weighted by Gasteiger charge is -2.35. The van der Waals surface area contributed by atoms with Crippen LogP contribution in [0.25, 0.3) is 0 Å². The highest BCUT2D eigenvalue weighted by molar-refractivity contribution is 5.79. The summed E-state index contributed by atoms with van der Waals surface area (Å²) in [4.78, 5) is 14.9. The van der Waals surface area contributed by atoms with E-state index in [1.54, 1.807) is 25.3 Å². The van der Waals surface area contributed by atoms with Gasteiger partial charge in [0, 0.05) is 12.1 Å². The molecule has 1 saturated heterocycles. The molecule has 3 rings (SSSR count). The van der Waals surface area contributed by atoms with E-state index in [1.165, 1.54) is 24.8 Å². The number of hydrogen-bond acceptors (Lipinski definition) is 4. The summed E-state index contributed by atoms with van der Waals surface area (Å²) in [5.41, 5.74) is 1.83. The predicted octanol–water partition coefficient (Wildman–Crippen LogP) is 3.29. The van der Waals surface area contributed by atoms with Gasteiger partial charge in [-0.1, -0.05) is 36.8 Å². The van der Waals surface area contributed by atoms with Crippen molar-refractivity contribution in [3.05, 3.63) is 59.7 Å². The third-order valence-electron chi connectivity index (χ3n) is 5.17. The van der Waals surface area contributed by atoms with Crippen LogP contribution in [0.2, 0.25) is 0 Å². The molecule has 27 heavy (non-hydrogen) atoms. The van der Waals surface area contributed by atoms with Gasteiger partial charge in [0.1, 0.15) is 11.5 Å². The number of carbonyl (C=O) groups is 1. The number of phenols is 1. The monoisotopic (exact) mass is 368 g/mol. The van der Waals surface area contributed by atoms with E-state index in [2.05, 4.69) is 22.3 Å². The number of nitrogens with zero attached hydrogens (tertiary/aromatic N) is 1. The minimum absolute atomic E-state index is 0.0768. The van der Waals surface area contributed by atoms with Gasteiger partial charge in [0.05, 0.1) is 19.6 Å². The molecule has 2 N–H and O–H groups in total. The molecule has 0 aliphatic carbocycles. The van der Waals surface area contributed by atoms with Crippen molar-refractivity contribution in [2.75, 3.05) is 26.7 Å². The van der Waals surface area contributed by atoms with Crippen LogP contribution >= 0.6 is 0 Å². The number of aromatic hydroxyl groups is 1. The minimum atomic E-state index is -0.0768. The molecule has 5 heteroatoms. The second kappa shape index (κ2) is 9.42. The number of para-hydroxylation sites is 1. The van der Waals surface area contributed by atoms with Gasteiger partial charge in [-0.15, -0.1) is 0 Å². The number of likely N-dealkylation sites (tertiary alicyclic amines) is 1. The third-order valence-corrected chi connectivity index (χ3v) is 5.17. The highest BCUT2D eigenvalue weighted by Crippen LogP contribution is 2.26. The number of ether oxygens (including phenoxy) is 1. The largest absolute Gasteiger partial charge is 0.508 e. The first-order valence-corrected chi connectivity index (χ1v) is 9.59. The number of benzene rings is 2. The number of nitrogens with one attached hydrogen (secondary N) is 1. The van der Waals surface area contributed by atoms with Crippen molar-refractivity contribution >= 4 is 5.91 Å². The van der Waals surface area contributed by atoms with E-state index in [4.69, 9.17) is 4.74 Å². The van der Waals surface area contributed by atoms with Gasteiger partial charge in [0.2, 0.25) is 5.91 Å². The Hall–Kier alpha value is -2.53. The Morgan fingerprint density at radius 1 is 1.11 bits per heavy atom. The van der Waals surface area contributed by atoms with Gasteiger partial charge in [0.25, 0.3) is 0 Å². The smallest absolute Gasteiger partial charge is 0.224 e. The van der Waals surface area contributed by atoms with Crippen LogP contribution in [0.4, 0.5) is 0 Å². The molecule has 1 atom stereocenters. The van der Waals surface area contributed by atoms with E-state index >= 15 is 0 Å². The van der Waals surface area contributed by atoms with Gasteiger partial charge >= 0.3 is 0 Å². The molecule has 0 spiro atoms. The molecule has 5 nitrogen and oxygen atoms in total. The Kier molecular flexibility index (Phi) is 6.71. The fourth-order valence-electron chi connectivity index (χ4n) is 3.62. The highest BCUT2D eigenvalue weighted by atomic mass is 16.5. The standard InChI is InChI=1S/C22H28N2O3/c1-27-19-11-9-17(10-12-19)20(24-13-5-2-6-14-24)16-23-22(26)15-18-7-3-4-8-21(18)25/h3-4,7-12,20,25H,2,5-6,13-16H2,1H3,(H,23,26). The minimum Gasteiger partial charge on any atom is -0.508 e. The quantitative estimate of drug-likeness (QED) is 0.787. The Morgan fingerprint density at radius 2 is 1.81 bits per heavy atom. The second-order valence-corrected chi connectivity index (χ2v) is 7.00. The Morgan fingerprint density at radius 3 is 2.48 bits per heavy atom. The van der Waals surface area contributed by atoms with Crippen LogP contribution < -0.4 is 10.1 Å². The van der Waals surface area contributed by atoms with Crippen LogP contribution in [0, 0.1) is 0 Å². The van der Waals surface area contributed by atoms with E-state index < -0.39 is 0 Å². The number of methoxy groups -OCH3 is 1. The van der Waals surface area contributed by atoms with Crippen LogP contribution in [0.15, 0.2) is 48.5 Å². The summed E-state index contributed by atoms with van der Waals surface area (Å²) >= 11 is 0. The molecule has 1 unspecified atom stereocenters. The Balaban J connectivity index is 1.67. The van der Waals surface area contributed by atoms with E-state index in [1.807, 2.05) is 18.2 Å². The maximum absolute atomic E-state index is 12.4. The SMILES string of the molecule is COc1ccc(C(CNC(=O)Cc2ccccc2O)N2CCCCC2)cc1. The van der Waals surface area contributed by atoms with Crippen molar-refractivity contribution < 1.29 is 14.6 Å². The van der Waals surface area contributed by atoms with Crippen LogP contribution in [0.3, 0.4) is 0 Å². The van der Waals surface area contributed by atoms with Crippen molar-refractivity contribution in [1.82, 2.24) is 10.2 Å². The van der Waals surface area contributed by atoms with E-state index in [-0.39, 0.29) is 24.1 Å². The molecule has 0 radical (unpaired) electrons. The Labute approximate surface area is 161 Å². The second-order valence-electron chi connectivity index (χ2n) is 7.00. The molecule has 1 amide bonds. The van der Waals surface area contributed by atoms with E-state index in [0.717, 1.165) is 18.8 Å². The lowest BCUT2D eigenvalue weighted by Crippen LogP contribution is -2.41. The summed E-state index contributed by atoms with van der Waals surface area (Å²) < 4.78 is 5.26. The summed E-state index contributed by atoms with van der Waals surface area (Å²) in [6.07, 6.45) is 3.84. The number of piperidine rings is 1. The lowest BCUT2D eigenvalue weighted by molar-refractivity contribution is -0.120. The van der Waals surface area contributed by atoms with E-state index in [0.29, 0.717) is 12.1 Å². The number of phenolic OH excluding ortho intramolecular Hbond substituents is 1. The number of hydrogen-bond donors (Lipinski definition) is 2. The van der Waals surface area contributed by atoms with Crippen molar-refractivity contribution in [2.24, 2.45) is 0 Å². The topological polar surface area (TPSA) is 61.8 Å². The average molecular weight is 368 g/mol. The number of rotatable bonds is 7. The molecule has 1 aliphatic rings. The van der Waals surface area contributed by atoms with Gasteiger partial charge in [0.15, 0.2) is 0 Å². The van der Waals surface area contributed by atoms with Gasteiger partial charge < -0.3 is 15.2 Å². The van der Waals surface area contributed by atoms with Gasteiger partial charge in [-0.2, -0.15) is 0 Å². The molecule has 1 aliphatic heterocycles. The summed E-state index contributed by atoms with van der Waals surface area (Å²) in [7, 11) is 1.66. The molecule has 0 saturated carbocycles. The maximum Gasteiger partial charge on any atom is 0.224 e. The zero-order chi connectivity index (χ0) is 19.1. The van der Waals surface area contributed by atoms with Crippen LogP contribution in [-0.4, -0.2) is 42.7 Å². The van der Waals surface area contributed by atoms with Crippen molar-refractivity contribution in [3.63, 3.8) is 0 Å². The van der Waals surface area contributed by atoms with Crippen LogP contribution in [0.1, 0.15) is 36.4 Å². The number of carbonyl (C=O) groups excluding carboxylic acids is 1. The fourth-order valence-corrected chi connectivity index (χ4v) is 3.62. The molecular formula is C22H28N2O3. The summed E-state index contributed by atoms with van der Waals surface area (Å²) in [5.74, 6) is 0.919. The first kappa shape index (κ1) is 19.2. The van der Waals surface area contributed by atoms with Crippen molar-refractivity contribution in [1.29, 1.82) is 0 Å². The zero-order valence-corrected chi connectivity index (χ0v) is 15.9. The Bertz CT molecular complexity index is 739. The maximum atomic E-state index is 12.4. The van der Waals surface area contributed by atoms with Crippen molar-refractivity contribution in [3.8, 4) is 11.5 Å². The van der Waals surface area contributed by atoms with E-state index in [9.17, 15) is 9.90 Å². The summed E-state index contributed by atoms with van der Waals surface area (Å²) in [5, 5.41) is 12.9. The first-order chi connectivity index (χ1) is 13.2. The molecule has 2 aromatic carbocycles. The van der Waals surface area contributed by atoms with Crippen LogP contribution in [-0.2, 0) is 11.2 Å². The molecule has 2 aromatic rings. The number of amides is 1. The summed E-state index contributed by atoms with van der Waals surface area (Å²) in [6.45, 7) is 2.65. The first-order valence-electron chi connectivity index (χ1n) is 9.59. The molecule has 1 heterocycles. The molecule has 0 bridgehead atoms. The molecule has 144 valence electrons. The normalized spacial score (nSPS) is 15.9. The fraction of sp³-hybridized carbons (Fsp3) is 0.409. The molecule has 0 aromatic heterocycles. The van der Waals surface area contributed by atoms with Crippen LogP contribution in [0.5, 0.6) is 11.5 Å².